The Kier molecular flexibility index (Phi) is 5.20. The van der Waals surface area contributed by atoms with Crippen LogP contribution in [0.4, 0.5) is 0 Å². The van der Waals surface area contributed by atoms with E-state index in [-0.39, 0.29) is 6.42 Å². The molecule has 36 heavy (non-hydrogen) atoms. The van der Waals surface area contributed by atoms with Crippen molar-refractivity contribution in [1.82, 2.24) is 4.98 Å². The SMILES string of the molecule is Cc1cc2c3c(ccc2c(-c2c(OC(C)(C)C)cc4c5c(ccnc25)CCO4)c1CC(=O)O)COC3. The summed E-state index contributed by atoms with van der Waals surface area (Å²) in [5.74, 6) is 0.528. The predicted molar refractivity (Wildman–Crippen MR) is 139 cm³/mol. The Bertz CT molecular complexity index is 1560. The van der Waals surface area contributed by atoms with Gasteiger partial charge in [0.05, 0.1) is 37.3 Å². The quantitative estimate of drug-likeness (QED) is 0.376. The van der Waals surface area contributed by atoms with Gasteiger partial charge in [-0.25, -0.2) is 0 Å². The first-order chi connectivity index (χ1) is 17.2. The van der Waals surface area contributed by atoms with Gasteiger partial charge in [0.25, 0.3) is 0 Å². The van der Waals surface area contributed by atoms with Crippen molar-refractivity contribution in [1.29, 1.82) is 0 Å². The fourth-order valence-electron chi connectivity index (χ4n) is 5.58. The normalized spacial score (nSPS) is 14.7. The Labute approximate surface area is 209 Å². The van der Waals surface area contributed by atoms with Crippen molar-refractivity contribution in [2.24, 2.45) is 0 Å². The summed E-state index contributed by atoms with van der Waals surface area (Å²) in [6.45, 7) is 9.75. The second kappa shape index (κ2) is 8.20. The summed E-state index contributed by atoms with van der Waals surface area (Å²) >= 11 is 0. The van der Waals surface area contributed by atoms with E-state index in [1.165, 1.54) is 11.1 Å². The van der Waals surface area contributed by atoms with Crippen molar-refractivity contribution in [3.63, 3.8) is 0 Å². The number of carbonyl (C=O) groups is 1. The zero-order chi connectivity index (χ0) is 25.2. The highest BCUT2D eigenvalue weighted by Crippen LogP contribution is 2.49. The molecule has 0 radical (unpaired) electrons. The van der Waals surface area contributed by atoms with E-state index < -0.39 is 11.6 Å². The number of carboxylic acid groups (broad SMARTS) is 1. The first-order valence-corrected chi connectivity index (χ1v) is 12.3. The largest absolute Gasteiger partial charge is 0.492 e. The van der Waals surface area contributed by atoms with Crippen LogP contribution in [0.5, 0.6) is 11.5 Å². The molecule has 3 aromatic carbocycles. The molecule has 0 bridgehead atoms. The van der Waals surface area contributed by atoms with Crippen molar-refractivity contribution in [3.05, 3.63) is 64.3 Å². The minimum atomic E-state index is -0.875. The maximum absolute atomic E-state index is 12.1. The maximum atomic E-state index is 12.1. The summed E-state index contributed by atoms with van der Waals surface area (Å²) in [6.07, 6.45) is 2.53. The number of aromatic nitrogens is 1. The first-order valence-electron chi connectivity index (χ1n) is 12.3. The van der Waals surface area contributed by atoms with Gasteiger partial charge >= 0.3 is 5.97 Å². The Balaban J connectivity index is 1.80. The molecule has 0 aliphatic carbocycles. The number of hydrogen-bond acceptors (Lipinski definition) is 5. The molecule has 0 fully saturated rings. The van der Waals surface area contributed by atoms with Crippen molar-refractivity contribution >= 4 is 27.6 Å². The highest BCUT2D eigenvalue weighted by Gasteiger charge is 2.29. The molecule has 184 valence electrons. The fourth-order valence-corrected chi connectivity index (χ4v) is 5.58. The molecule has 2 aliphatic rings. The van der Waals surface area contributed by atoms with E-state index in [0.717, 1.165) is 61.7 Å². The van der Waals surface area contributed by atoms with Crippen LogP contribution in [0.1, 0.15) is 48.6 Å². The van der Waals surface area contributed by atoms with Gasteiger partial charge < -0.3 is 19.3 Å². The van der Waals surface area contributed by atoms with Gasteiger partial charge in [-0.3, -0.25) is 9.78 Å². The molecule has 0 spiro atoms. The summed E-state index contributed by atoms with van der Waals surface area (Å²) < 4.78 is 18.4. The van der Waals surface area contributed by atoms with E-state index in [9.17, 15) is 9.90 Å². The lowest BCUT2D eigenvalue weighted by atomic mass is 9.84. The molecule has 6 nitrogen and oxygen atoms in total. The second-order valence-electron chi connectivity index (χ2n) is 10.7. The average Bonchev–Trinajstić information content (AvgIpc) is 3.29. The zero-order valence-electron chi connectivity index (χ0n) is 21.0. The highest BCUT2D eigenvalue weighted by atomic mass is 16.5. The molecule has 6 heteroatoms. The molecule has 3 heterocycles. The van der Waals surface area contributed by atoms with Gasteiger partial charge in [-0.05, 0) is 77.9 Å². The summed E-state index contributed by atoms with van der Waals surface area (Å²) in [5, 5.41) is 13.0. The van der Waals surface area contributed by atoms with Crippen LogP contribution in [0.15, 0.2) is 36.5 Å². The van der Waals surface area contributed by atoms with Gasteiger partial charge in [0.15, 0.2) is 0 Å². The Hall–Kier alpha value is -3.64. The number of pyridine rings is 1. The van der Waals surface area contributed by atoms with E-state index in [4.69, 9.17) is 19.2 Å². The third-order valence-electron chi connectivity index (χ3n) is 7.02. The topological polar surface area (TPSA) is 77.9 Å². The molecule has 1 N–H and O–H groups in total. The summed E-state index contributed by atoms with van der Waals surface area (Å²) in [6, 6.07) is 10.3. The minimum Gasteiger partial charge on any atom is -0.492 e. The van der Waals surface area contributed by atoms with Crippen LogP contribution in [0.25, 0.3) is 32.8 Å². The maximum Gasteiger partial charge on any atom is 0.307 e. The van der Waals surface area contributed by atoms with Crippen LogP contribution in [-0.2, 0) is 35.6 Å². The molecule has 4 aromatic rings. The smallest absolute Gasteiger partial charge is 0.307 e. The zero-order valence-corrected chi connectivity index (χ0v) is 21.0. The second-order valence-corrected chi connectivity index (χ2v) is 10.7. The molecule has 0 saturated carbocycles. The van der Waals surface area contributed by atoms with Crippen LogP contribution in [0, 0.1) is 6.92 Å². The number of aryl methyl sites for hydroxylation is 1. The van der Waals surface area contributed by atoms with E-state index in [0.29, 0.717) is 25.6 Å². The van der Waals surface area contributed by atoms with E-state index in [2.05, 4.69) is 18.2 Å². The summed E-state index contributed by atoms with van der Waals surface area (Å²) in [5.41, 5.74) is 7.19. The Morgan fingerprint density at radius 2 is 1.92 bits per heavy atom. The van der Waals surface area contributed by atoms with Gasteiger partial charge in [-0.2, -0.15) is 0 Å². The number of rotatable bonds is 4. The monoisotopic (exact) mass is 483 g/mol. The van der Waals surface area contributed by atoms with Crippen molar-refractivity contribution in [3.8, 4) is 22.6 Å². The van der Waals surface area contributed by atoms with Gasteiger partial charge in [-0.1, -0.05) is 18.2 Å². The molecule has 0 atom stereocenters. The number of ether oxygens (including phenoxy) is 3. The molecule has 2 aliphatic heterocycles. The summed E-state index contributed by atoms with van der Waals surface area (Å²) in [7, 11) is 0. The lowest BCUT2D eigenvalue weighted by Gasteiger charge is -2.28. The van der Waals surface area contributed by atoms with Gasteiger partial charge in [0.1, 0.15) is 17.1 Å². The van der Waals surface area contributed by atoms with Crippen molar-refractivity contribution in [2.75, 3.05) is 6.61 Å². The third-order valence-corrected chi connectivity index (χ3v) is 7.02. The van der Waals surface area contributed by atoms with Crippen LogP contribution in [-0.4, -0.2) is 28.3 Å². The van der Waals surface area contributed by atoms with Gasteiger partial charge in [0, 0.05) is 24.1 Å². The van der Waals surface area contributed by atoms with Crippen LogP contribution in [0.2, 0.25) is 0 Å². The van der Waals surface area contributed by atoms with E-state index >= 15 is 0 Å². The van der Waals surface area contributed by atoms with Gasteiger partial charge in [-0.15, -0.1) is 0 Å². The number of benzene rings is 3. The predicted octanol–water partition coefficient (Wildman–Crippen LogP) is 6.13. The Morgan fingerprint density at radius 1 is 1.08 bits per heavy atom. The minimum absolute atomic E-state index is 0.0981. The molecule has 0 unspecified atom stereocenters. The Morgan fingerprint density at radius 3 is 2.69 bits per heavy atom. The first kappa shape index (κ1) is 22.8. The molecule has 0 amide bonds. The number of carboxylic acids is 1. The lowest BCUT2D eigenvalue weighted by molar-refractivity contribution is -0.136. The number of aliphatic carboxylic acids is 1. The molecule has 0 saturated heterocycles. The van der Waals surface area contributed by atoms with Crippen LogP contribution in [0.3, 0.4) is 0 Å². The fraction of sp³-hybridized carbons (Fsp3) is 0.333. The lowest BCUT2D eigenvalue weighted by Crippen LogP contribution is -2.24. The number of fused-ring (bicyclic) bond motifs is 3. The standard InChI is InChI=1S/C30H29NO5/c1-16-11-21-19(6-5-18-14-34-15-22(18)21)27(20(16)12-25(32)33)28-24(36-30(2,3)4)13-23-26-17(8-10-35-23)7-9-31-29(26)28/h5-7,9,11,13H,8,10,12,14-15H2,1-4H3,(H,32,33). The number of nitrogens with zero attached hydrogens (tertiary/aromatic N) is 1. The number of hydrogen-bond donors (Lipinski definition) is 1. The van der Waals surface area contributed by atoms with Crippen molar-refractivity contribution in [2.45, 2.75) is 59.4 Å². The van der Waals surface area contributed by atoms with Crippen LogP contribution < -0.4 is 9.47 Å². The van der Waals surface area contributed by atoms with Crippen molar-refractivity contribution < 1.29 is 24.1 Å². The highest BCUT2D eigenvalue weighted by molar-refractivity contribution is 6.11. The van der Waals surface area contributed by atoms with Crippen LogP contribution >= 0.6 is 0 Å². The molecule has 6 rings (SSSR count). The summed E-state index contributed by atoms with van der Waals surface area (Å²) in [4.78, 5) is 16.9. The van der Waals surface area contributed by atoms with E-state index in [1.54, 1.807) is 0 Å². The van der Waals surface area contributed by atoms with Gasteiger partial charge in [0.2, 0.25) is 0 Å². The third kappa shape index (κ3) is 3.68. The average molecular weight is 484 g/mol. The van der Waals surface area contributed by atoms with E-state index in [1.807, 2.05) is 46.0 Å². The molecule has 1 aromatic heterocycles. The molecular weight excluding hydrogens is 454 g/mol. The molecular formula is C30H29NO5.